The predicted molar refractivity (Wildman–Crippen MR) is 91.8 cm³/mol. The lowest BCUT2D eigenvalue weighted by Gasteiger charge is -2.15. The van der Waals surface area contributed by atoms with Gasteiger partial charge in [-0.15, -0.1) is 0 Å². The molecule has 0 saturated heterocycles. The van der Waals surface area contributed by atoms with Crippen molar-refractivity contribution in [3.63, 3.8) is 0 Å². The fraction of sp³-hybridized carbons (Fsp3) is 0.471. The average Bonchev–Trinajstić information content (AvgIpc) is 2.44. The number of aryl methyl sites for hydroxylation is 2. The molecular weight excluding hydrogens is 328 g/mol. The third-order valence-corrected chi connectivity index (χ3v) is 4.31. The molecule has 3 nitrogen and oxygen atoms in total. The molecule has 1 aliphatic carbocycles. The number of allylic oxidation sites excluding steroid dienone is 1. The minimum atomic E-state index is -0.125. The maximum atomic E-state index is 12.0. The van der Waals surface area contributed by atoms with Crippen LogP contribution in [0.4, 0.5) is 10.5 Å². The van der Waals surface area contributed by atoms with Crippen LogP contribution in [0.3, 0.4) is 0 Å². The maximum Gasteiger partial charge on any atom is 0.319 e. The monoisotopic (exact) mass is 350 g/mol. The number of hydrogen-bond acceptors (Lipinski definition) is 1. The minimum absolute atomic E-state index is 0.125. The van der Waals surface area contributed by atoms with E-state index < -0.39 is 0 Å². The number of carbonyl (C=O) groups excluding carboxylic acids is 1. The second kappa shape index (κ2) is 7.64. The van der Waals surface area contributed by atoms with Crippen LogP contribution in [0.15, 0.2) is 28.3 Å². The number of rotatable bonds is 4. The van der Waals surface area contributed by atoms with Gasteiger partial charge in [0.1, 0.15) is 0 Å². The van der Waals surface area contributed by atoms with Crippen LogP contribution in [-0.4, -0.2) is 12.6 Å². The summed E-state index contributed by atoms with van der Waals surface area (Å²) in [4.78, 5) is 12.0. The van der Waals surface area contributed by atoms with Crippen LogP contribution >= 0.6 is 15.9 Å². The molecule has 0 aliphatic heterocycles. The zero-order chi connectivity index (χ0) is 15.2. The van der Waals surface area contributed by atoms with E-state index in [2.05, 4.69) is 32.6 Å². The lowest BCUT2D eigenvalue weighted by atomic mass is 9.97. The summed E-state index contributed by atoms with van der Waals surface area (Å²) in [7, 11) is 0. The van der Waals surface area contributed by atoms with Gasteiger partial charge in [0, 0.05) is 16.7 Å². The van der Waals surface area contributed by atoms with Gasteiger partial charge < -0.3 is 10.6 Å². The zero-order valence-corrected chi connectivity index (χ0v) is 14.3. The lowest BCUT2D eigenvalue weighted by molar-refractivity contribution is 0.252. The molecule has 0 atom stereocenters. The number of halogens is 1. The molecule has 2 amide bonds. The quantitative estimate of drug-likeness (QED) is 0.730. The number of hydrogen-bond donors (Lipinski definition) is 2. The lowest BCUT2D eigenvalue weighted by Crippen LogP contribution is -2.30. The van der Waals surface area contributed by atoms with Crippen LogP contribution in [0, 0.1) is 13.8 Å². The van der Waals surface area contributed by atoms with Gasteiger partial charge in [-0.25, -0.2) is 4.79 Å². The van der Waals surface area contributed by atoms with E-state index in [1.807, 2.05) is 26.0 Å². The molecule has 0 unspecified atom stereocenters. The zero-order valence-electron chi connectivity index (χ0n) is 12.8. The molecule has 114 valence electrons. The Hall–Kier alpha value is -1.29. The summed E-state index contributed by atoms with van der Waals surface area (Å²) < 4.78 is 1.03. The fourth-order valence-electron chi connectivity index (χ4n) is 2.73. The van der Waals surface area contributed by atoms with Crippen molar-refractivity contribution in [1.29, 1.82) is 0 Å². The van der Waals surface area contributed by atoms with Gasteiger partial charge in [-0.2, -0.15) is 0 Å². The van der Waals surface area contributed by atoms with E-state index in [0.29, 0.717) is 6.54 Å². The van der Waals surface area contributed by atoms with Crippen molar-refractivity contribution in [3.8, 4) is 0 Å². The maximum absolute atomic E-state index is 12.0. The van der Waals surface area contributed by atoms with Crippen molar-refractivity contribution in [3.05, 3.63) is 39.4 Å². The van der Waals surface area contributed by atoms with Gasteiger partial charge in [-0.3, -0.25) is 0 Å². The number of nitrogens with one attached hydrogen (secondary N) is 2. The van der Waals surface area contributed by atoms with E-state index in [1.165, 1.54) is 31.3 Å². The largest absolute Gasteiger partial charge is 0.338 e. The standard InChI is InChI=1S/C17H23BrN2O/c1-12-10-15(18)11-13(2)16(12)20-17(21)19-9-8-14-6-4-3-5-7-14/h6,10-11H,3-5,7-9H2,1-2H3,(H2,19,20,21). The highest BCUT2D eigenvalue weighted by atomic mass is 79.9. The first-order chi connectivity index (χ1) is 10.1. The molecule has 1 aromatic carbocycles. The van der Waals surface area contributed by atoms with Crippen LogP contribution in [0.25, 0.3) is 0 Å². The summed E-state index contributed by atoms with van der Waals surface area (Å²) in [5, 5.41) is 5.90. The van der Waals surface area contributed by atoms with Crippen molar-refractivity contribution in [2.24, 2.45) is 0 Å². The smallest absolute Gasteiger partial charge is 0.319 e. The van der Waals surface area contributed by atoms with Gasteiger partial charge in [0.25, 0.3) is 0 Å². The molecule has 0 saturated carbocycles. The second-order valence-corrected chi connectivity index (χ2v) is 6.57. The highest BCUT2D eigenvalue weighted by Gasteiger charge is 2.09. The topological polar surface area (TPSA) is 41.1 Å². The normalized spacial score (nSPS) is 14.5. The number of urea groups is 1. The number of amides is 2. The number of anilines is 1. The summed E-state index contributed by atoms with van der Waals surface area (Å²) in [6.45, 7) is 4.70. The van der Waals surface area contributed by atoms with Crippen molar-refractivity contribution >= 4 is 27.6 Å². The van der Waals surface area contributed by atoms with E-state index in [1.54, 1.807) is 0 Å². The molecule has 1 aromatic rings. The molecule has 1 aliphatic rings. The van der Waals surface area contributed by atoms with E-state index >= 15 is 0 Å². The Morgan fingerprint density at radius 3 is 2.57 bits per heavy atom. The molecular formula is C17H23BrN2O. The van der Waals surface area contributed by atoms with Crippen molar-refractivity contribution in [2.45, 2.75) is 46.0 Å². The van der Waals surface area contributed by atoms with Gasteiger partial charge >= 0.3 is 6.03 Å². The van der Waals surface area contributed by atoms with Crippen LogP contribution in [0.1, 0.15) is 43.2 Å². The summed E-state index contributed by atoms with van der Waals surface area (Å²) in [6, 6.07) is 3.89. The van der Waals surface area contributed by atoms with Crippen molar-refractivity contribution in [1.82, 2.24) is 5.32 Å². The van der Waals surface area contributed by atoms with E-state index in [9.17, 15) is 4.79 Å². The molecule has 0 aromatic heterocycles. The third-order valence-electron chi connectivity index (χ3n) is 3.85. The third kappa shape index (κ3) is 4.88. The second-order valence-electron chi connectivity index (χ2n) is 5.65. The SMILES string of the molecule is Cc1cc(Br)cc(C)c1NC(=O)NCCC1=CCCCC1. The Labute approximate surface area is 135 Å². The first-order valence-electron chi connectivity index (χ1n) is 7.56. The van der Waals surface area contributed by atoms with Gasteiger partial charge in [-0.05, 0) is 69.2 Å². The van der Waals surface area contributed by atoms with Crippen molar-refractivity contribution in [2.75, 3.05) is 11.9 Å². The molecule has 0 heterocycles. The molecule has 0 spiro atoms. The predicted octanol–water partition coefficient (Wildman–Crippen LogP) is 5.08. The molecule has 21 heavy (non-hydrogen) atoms. The van der Waals surface area contributed by atoms with Gasteiger partial charge in [0.2, 0.25) is 0 Å². The first-order valence-corrected chi connectivity index (χ1v) is 8.35. The highest BCUT2D eigenvalue weighted by Crippen LogP contribution is 2.25. The van der Waals surface area contributed by atoms with Gasteiger partial charge in [0.15, 0.2) is 0 Å². The van der Waals surface area contributed by atoms with E-state index in [4.69, 9.17) is 0 Å². The van der Waals surface area contributed by atoms with Crippen LogP contribution < -0.4 is 10.6 Å². The number of carbonyl (C=O) groups is 1. The fourth-order valence-corrected chi connectivity index (χ4v) is 3.42. The number of benzene rings is 1. The van der Waals surface area contributed by atoms with Gasteiger partial charge in [-0.1, -0.05) is 27.6 Å². The molecule has 2 rings (SSSR count). The Kier molecular flexibility index (Phi) is 5.85. The minimum Gasteiger partial charge on any atom is -0.338 e. The van der Waals surface area contributed by atoms with E-state index in [0.717, 1.165) is 27.7 Å². The first kappa shape index (κ1) is 16.1. The van der Waals surface area contributed by atoms with Crippen LogP contribution in [-0.2, 0) is 0 Å². The summed E-state index contributed by atoms with van der Waals surface area (Å²) in [5.41, 5.74) is 4.50. The van der Waals surface area contributed by atoms with E-state index in [-0.39, 0.29) is 6.03 Å². The summed E-state index contributed by atoms with van der Waals surface area (Å²) >= 11 is 3.46. The molecule has 2 N–H and O–H groups in total. The van der Waals surface area contributed by atoms with Crippen LogP contribution in [0.5, 0.6) is 0 Å². The highest BCUT2D eigenvalue weighted by molar-refractivity contribution is 9.10. The Morgan fingerprint density at radius 1 is 1.24 bits per heavy atom. The molecule has 0 radical (unpaired) electrons. The van der Waals surface area contributed by atoms with Crippen molar-refractivity contribution < 1.29 is 4.79 Å². The molecule has 0 bridgehead atoms. The molecule has 4 heteroatoms. The average molecular weight is 351 g/mol. The van der Waals surface area contributed by atoms with Crippen LogP contribution in [0.2, 0.25) is 0 Å². The Morgan fingerprint density at radius 2 is 1.95 bits per heavy atom. The molecule has 0 fully saturated rings. The Bertz CT molecular complexity index is 529. The van der Waals surface area contributed by atoms with Gasteiger partial charge in [0.05, 0.1) is 0 Å². The summed E-state index contributed by atoms with van der Waals surface area (Å²) in [6.07, 6.45) is 8.26. The summed E-state index contributed by atoms with van der Waals surface area (Å²) in [5.74, 6) is 0. The Balaban J connectivity index is 1.83.